The first-order chi connectivity index (χ1) is 9.38. The first-order valence-electron chi connectivity index (χ1n) is 6.47. The number of likely N-dealkylation sites (tertiary alicyclic amines) is 1. The molecule has 2 rings (SSSR count). The Morgan fingerprint density at radius 3 is 2.45 bits per heavy atom. The number of rotatable bonds is 3. The molecule has 1 aliphatic heterocycles. The van der Waals surface area contributed by atoms with E-state index in [1.807, 2.05) is 7.05 Å². The summed E-state index contributed by atoms with van der Waals surface area (Å²) in [7, 11) is 3.59. The lowest BCUT2D eigenvalue weighted by molar-refractivity contribution is 0.0772. The smallest absolute Gasteiger partial charge is 0.253 e. The van der Waals surface area contributed by atoms with Gasteiger partial charge in [-0.05, 0) is 38.1 Å². The summed E-state index contributed by atoms with van der Waals surface area (Å²) < 4.78 is 39.1. The highest BCUT2D eigenvalue weighted by atomic mass is 19.2. The first kappa shape index (κ1) is 14.8. The summed E-state index contributed by atoms with van der Waals surface area (Å²) in [5.41, 5.74) is -0.171. The zero-order chi connectivity index (χ0) is 14.9. The van der Waals surface area contributed by atoms with Crippen LogP contribution in [0.2, 0.25) is 0 Å². The van der Waals surface area contributed by atoms with E-state index in [1.54, 1.807) is 7.05 Å². The van der Waals surface area contributed by atoms with Crippen molar-refractivity contribution in [3.05, 3.63) is 35.1 Å². The van der Waals surface area contributed by atoms with Crippen LogP contribution in [-0.2, 0) is 0 Å². The molecule has 1 saturated heterocycles. The first-order valence-corrected chi connectivity index (χ1v) is 6.47. The molecule has 1 atom stereocenters. The molecule has 0 N–H and O–H groups in total. The molecule has 6 heteroatoms. The van der Waals surface area contributed by atoms with Crippen molar-refractivity contribution < 1.29 is 18.0 Å². The molecule has 1 heterocycles. The molecule has 0 bridgehead atoms. The third-order valence-electron chi connectivity index (χ3n) is 3.60. The minimum absolute atomic E-state index is 0.171. The summed E-state index contributed by atoms with van der Waals surface area (Å²) in [6.45, 7) is 2.39. The molecule has 0 saturated carbocycles. The van der Waals surface area contributed by atoms with E-state index in [0.29, 0.717) is 12.5 Å². The summed E-state index contributed by atoms with van der Waals surface area (Å²) in [4.78, 5) is 15.7. The molecule has 20 heavy (non-hydrogen) atoms. The van der Waals surface area contributed by atoms with Crippen molar-refractivity contribution in [1.29, 1.82) is 0 Å². The molecule has 1 fully saturated rings. The predicted octanol–water partition coefficient (Wildman–Crippen LogP) is 2.13. The lowest BCUT2D eigenvalue weighted by Gasteiger charge is -2.21. The van der Waals surface area contributed by atoms with E-state index in [-0.39, 0.29) is 5.56 Å². The van der Waals surface area contributed by atoms with Gasteiger partial charge in [0.25, 0.3) is 5.91 Å². The third-order valence-corrected chi connectivity index (χ3v) is 3.60. The summed E-state index contributed by atoms with van der Waals surface area (Å²) >= 11 is 0. The highest BCUT2D eigenvalue weighted by Crippen LogP contribution is 2.18. The number of hydrogen-bond acceptors (Lipinski definition) is 2. The van der Waals surface area contributed by atoms with Gasteiger partial charge in [-0.15, -0.1) is 0 Å². The van der Waals surface area contributed by atoms with E-state index in [2.05, 4.69) is 4.90 Å². The average molecular weight is 286 g/mol. The van der Waals surface area contributed by atoms with Gasteiger partial charge in [-0.3, -0.25) is 4.79 Å². The molecule has 1 aliphatic rings. The second-order valence-corrected chi connectivity index (χ2v) is 5.36. The van der Waals surface area contributed by atoms with Crippen molar-refractivity contribution >= 4 is 5.91 Å². The maximum Gasteiger partial charge on any atom is 0.253 e. The maximum atomic E-state index is 13.1. The van der Waals surface area contributed by atoms with Gasteiger partial charge >= 0.3 is 0 Å². The van der Waals surface area contributed by atoms with Crippen LogP contribution in [0.1, 0.15) is 16.8 Å². The quantitative estimate of drug-likeness (QED) is 0.795. The van der Waals surface area contributed by atoms with Crippen molar-refractivity contribution in [3.63, 3.8) is 0 Å². The number of amides is 1. The monoisotopic (exact) mass is 286 g/mol. The largest absolute Gasteiger partial charge is 0.341 e. The number of carbonyl (C=O) groups excluding carboxylic acids is 1. The summed E-state index contributed by atoms with van der Waals surface area (Å²) in [6.07, 6.45) is 0.986. The van der Waals surface area contributed by atoms with Gasteiger partial charge < -0.3 is 9.80 Å². The van der Waals surface area contributed by atoms with Gasteiger partial charge in [0, 0.05) is 25.7 Å². The highest BCUT2D eigenvalue weighted by molar-refractivity contribution is 5.94. The van der Waals surface area contributed by atoms with Crippen LogP contribution in [0.3, 0.4) is 0 Å². The normalized spacial score (nSPS) is 19.4. The van der Waals surface area contributed by atoms with Crippen LogP contribution >= 0.6 is 0 Å². The number of benzene rings is 1. The van der Waals surface area contributed by atoms with E-state index in [4.69, 9.17) is 0 Å². The van der Waals surface area contributed by atoms with Crippen molar-refractivity contribution in [2.24, 2.45) is 5.92 Å². The van der Waals surface area contributed by atoms with Crippen molar-refractivity contribution in [2.75, 3.05) is 33.7 Å². The third kappa shape index (κ3) is 3.12. The Balaban J connectivity index is 2.07. The van der Waals surface area contributed by atoms with Crippen molar-refractivity contribution in [2.45, 2.75) is 6.42 Å². The van der Waals surface area contributed by atoms with E-state index in [9.17, 15) is 18.0 Å². The van der Waals surface area contributed by atoms with Crippen LogP contribution in [0.25, 0.3) is 0 Å². The maximum absolute atomic E-state index is 13.1. The zero-order valence-corrected chi connectivity index (χ0v) is 11.5. The SMILES string of the molecule is CN1CCC(CN(C)C(=O)c2cc(F)c(F)c(F)c2)C1. The summed E-state index contributed by atoms with van der Waals surface area (Å²) in [5, 5.41) is 0. The number of halogens is 3. The van der Waals surface area contributed by atoms with Crippen LogP contribution in [0.4, 0.5) is 13.2 Å². The molecule has 1 amide bonds. The van der Waals surface area contributed by atoms with Crippen LogP contribution in [0.5, 0.6) is 0 Å². The van der Waals surface area contributed by atoms with Gasteiger partial charge in [0.1, 0.15) is 0 Å². The predicted molar refractivity (Wildman–Crippen MR) is 68.9 cm³/mol. The number of nitrogens with zero attached hydrogens (tertiary/aromatic N) is 2. The molecule has 1 aromatic carbocycles. The molecule has 0 aromatic heterocycles. The average Bonchev–Trinajstić information content (AvgIpc) is 2.79. The van der Waals surface area contributed by atoms with Crippen LogP contribution in [-0.4, -0.2) is 49.4 Å². The number of hydrogen-bond donors (Lipinski definition) is 0. The minimum atomic E-state index is -1.55. The molecule has 1 aromatic rings. The molecule has 110 valence electrons. The van der Waals surface area contributed by atoms with Crippen molar-refractivity contribution in [1.82, 2.24) is 9.80 Å². The van der Waals surface area contributed by atoms with Crippen LogP contribution in [0, 0.1) is 23.4 Å². The molecule has 3 nitrogen and oxygen atoms in total. The summed E-state index contributed by atoms with van der Waals surface area (Å²) in [6, 6.07) is 1.47. The number of carbonyl (C=O) groups is 1. The Labute approximate surface area is 116 Å². The van der Waals surface area contributed by atoms with Gasteiger partial charge in [-0.2, -0.15) is 0 Å². The standard InChI is InChI=1S/C14H17F3N2O/c1-18-4-3-9(7-18)8-19(2)14(20)10-5-11(15)13(17)12(16)6-10/h5-6,9H,3-4,7-8H2,1-2H3. The van der Waals surface area contributed by atoms with E-state index < -0.39 is 23.4 Å². The lowest BCUT2D eigenvalue weighted by atomic mass is 10.1. The van der Waals surface area contributed by atoms with Gasteiger partial charge in [-0.25, -0.2) is 13.2 Å². The fraction of sp³-hybridized carbons (Fsp3) is 0.500. The molecule has 0 spiro atoms. The minimum Gasteiger partial charge on any atom is -0.341 e. The Morgan fingerprint density at radius 2 is 1.95 bits per heavy atom. The van der Waals surface area contributed by atoms with E-state index in [0.717, 1.165) is 31.6 Å². The van der Waals surface area contributed by atoms with Gasteiger partial charge in [0.05, 0.1) is 0 Å². The van der Waals surface area contributed by atoms with Crippen LogP contribution < -0.4 is 0 Å². The molecule has 0 radical (unpaired) electrons. The fourth-order valence-corrected chi connectivity index (χ4v) is 2.54. The van der Waals surface area contributed by atoms with Gasteiger partial charge in [0.15, 0.2) is 17.5 Å². The molecule has 0 aliphatic carbocycles. The van der Waals surface area contributed by atoms with E-state index in [1.165, 1.54) is 4.90 Å². The van der Waals surface area contributed by atoms with Crippen molar-refractivity contribution in [3.8, 4) is 0 Å². The lowest BCUT2D eigenvalue weighted by Crippen LogP contribution is -2.33. The molecular weight excluding hydrogens is 269 g/mol. The Hall–Kier alpha value is -1.56. The highest BCUT2D eigenvalue weighted by Gasteiger charge is 2.24. The van der Waals surface area contributed by atoms with E-state index >= 15 is 0 Å². The van der Waals surface area contributed by atoms with Crippen LogP contribution in [0.15, 0.2) is 12.1 Å². The Morgan fingerprint density at radius 1 is 1.35 bits per heavy atom. The summed E-state index contributed by atoms with van der Waals surface area (Å²) in [5.74, 6) is -4.40. The Bertz CT molecular complexity index is 498. The zero-order valence-electron chi connectivity index (χ0n) is 11.5. The second-order valence-electron chi connectivity index (χ2n) is 5.36. The molecule has 1 unspecified atom stereocenters. The fourth-order valence-electron chi connectivity index (χ4n) is 2.54. The molecular formula is C14H17F3N2O. The van der Waals surface area contributed by atoms with Gasteiger partial charge in [-0.1, -0.05) is 0 Å². The second kappa shape index (κ2) is 5.83. The Kier molecular flexibility index (Phi) is 4.32. The van der Waals surface area contributed by atoms with Gasteiger partial charge in [0.2, 0.25) is 0 Å². The topological polar surface area (TPSA) is 23.6 Å².